The number of amides is 1. The number of hydrogen-bond acceptors (Lipinski definition) is 5. The summed E-state index contributed by atoms with van der Waals surface area (Å²) in [6, 6.07) is 4.86. The molecule has 24 heavy (non-hydrogen) atoms. The van der Waals surface area contributed by atoms with E-state index in [2.05, 4.69) is 10.1 Å². The van der Waals surface area contributed by atoms with Gasteiger partial charge < -0.3 is 14.8 Å². The molecule has 0 bridgehead atoms. The fourth-order valence-corrected chi connectivity index (χ4v) is 2.45. The SMILES string of the molecule is COC(=O)c1ccc(C)c(NC(=O)COC(=O)[C@@H]2CC=CCC2)c1. The summed E-state index contributed by atoms with van der Waals surface area (Å²) in [5.74, 6) is -1.45. The average Bonchev–Trinajstić information content (AvgIpc) is 2.61. The first-order chi connectivity index (χ1) is 11.5. The van der Waals surface area contributed by atoms with E-state index in [-0.39, 0.29) is 18.5 Å². The van der Waals surface area contributed by atoms with E-state index < -0.39 is 11.9 Å². The van der Waals surface area contributed by atoms with Crippen molar-refractivity contribution < 1.29 is 23.9 Å². The Morgan fingerprint density at radius 3 is 2.71 bits per heavy atom. The molecule has 0 aromatic heterocycles. The molecule has 1 aliphatic carbocycles. The number of ether oxygens (including phenoxy) is 2. The highest BCUT2D eigenvalue weighted by Crippen LogP contribution is 2.20. The van der Waals surface area contributed by atoms with E-state index in [9.17, 15) is 14.4 Å². The minimum atomic E-state index is -0.484. The number of nitrogens with one attached hydrogen (secondary N) is 1. The molecule has 0 saturated carbocycles. The van der Waals surface area contributed by atoms with Crippen LogP contribution in [0.4, 0.5) is 5.69 Å². The van der Waals surface area contributed by atoms with Crippen LogP contribution in [-0.2, 0) is 19.1 Å². The molecule has 0 saturated heterocycles. The van der Waals surface area contributed by atoms with Crippen molar-refractivity contribution in [3.05, 3.63) is 41.5 Å². The average molecular weight is 331 g/mol. The van der Waals surface area contributed by atoms with Crippen molar-refractivity contribution in [1.82, 2.24) is 0 Å². The molecule has 0 fully saturated rings. The summed E-state index contributed by atoms with van der Waals surface area (Å²) in [4.78, 5) is 35.4. The third-order valence-electron chi connectivity index (χ3n) is 3.88. The van der Waals surface area contributed by atoms with Crippen molar-refractivity contribution in [3.8, 4) is 0 Å². The van der Waals surface area contributed by atoms with E-state index in [1.54, 1.807) is 19.1 Å². The minimum Gasteiger partial charge on any atom is -0.465 e. The normalized spacial score (nSPS) is 16.3. The van der Waals surface area contributed by atoms with Gasteiger partial charge in [0.2, 0.25) is 0 Å². The second-order valence-electron chi connectivity index (χ2n) is 5.66. The molecule has 1 amide bonds. The number of aryl methyl sites for hydroxylation is 1. The van der Waals surface area contributed by atoms with Crippen LogP contribution in [0, 0.1) is 12.8 Å². The van der Waals surface area contributed by atoms with Gasteiger partial charge in [0.15, 0.2) is 6.61 Å². The predicted octanol–water partition coefficient (Wildman–Crippen LogP) is 2.62. The number of methoxy groups -OCH3 is 1. The zero-order chi connectivity index (χ0) is 17.5. The highest BCUT2D eigenvalue weighted by Gasteiger charge is 2.21. The number of anilines is 1. The monoisotopic (exact) mass is 331 g/mol. The van der Waals surface area contributed by atoms with Gasteiger partial charge in [0, 0.05) is 5.69 Å². The molecule has 0 heterocycles. The van der Waals surface area contributed by atoms with Crippen molar-refractivity contribution in [2.75, 3.05) is 19.0 Å². The fourth-order valence-electron chi connectivity index (χ4n) is 2.45. The van der Waals surface area contributed by atoms with Crippen LogP contribution in [0.15, 0.2) is 30.4 Å². The Kier molecular flexibility index (Phi) is 6.12. The number of carbonyl (C=O) groups excluding carboxylic acids is 3. The molecule has 0 spiro atoms. The van der Waals surface area contributed by atoms with Crippen LogP contribution in [0.5, 0.6) is 0 Å². The van der Waals surface area contributed by atoms with E-state index in [0.717, 1.165) is 18.4 Å². The minimum absolute atomic E-state index is 0.174. The summed E-state index contributed by atoms with van der Waals surface area (Å²) in [5.41, 5.74) is 1.61. The second-order valence-corrected chi connectivity index (χ2v) is 5.66. The van der Waals surface area contributed by atoms with Gasteiger partial charge in [-0.05, 0) is 43.9 Å². The first-order valence-corrected chi connectivity index (χ1v) is 7.81. The summed E-state index contributed by atoms with van der Waals surface area (Å²) in [6.07, 6.45) is 6.24. The van der Waals surface area contributed by atoms with Crippen LogP contribution in [0.3, 0.4) is 0 Å². The number of hydrogen-bond donors (Lipinski definition) is 1. The quantitative estimate of drug-likeness (QED) is 0.662. The second kappa shape index (κ2) is 8.29. The van der Waals surface area contributed by atoms with Gasteiger partial charge in [-0.3, -0.25) is 9.59 Å². The van der Waals surface area contributed by atoms with Crippen LogP contribution >= 0.6 is 0 Å². The number of allylic oxidation sites excluding steroid dienone is 2. The lowest BCUT2D eigenvalue weighted by atomic mass is 9.95. The molecule has 1 aromatic carbocycles. The number of rotatable bonds is 5. The molecule has 6 heteroatoms. The third-order valence-corrected chi connectivity index (χ3v) is 3.88. The third kappa shape index (κ3) is 4.68. The molecule has 0 aliphatic heterocycles. The van der Waals surface area contributed by atoms with Gasteiger partial charge in [-0.1, -0.05) is 18.2 Å². The summed E-state index contributed by atoms with van der Waals surface area (Å²) >= 11 is 0. The first kappa shape index (κ1) is 17.7. The molecule has 128 valence electrons. The van der Waals surface area contributed by atoms with Crippen LogP contribution < -0.4 is 5.32 Å². The lowest BCUT2D eigenvalue weighted by Crippen LogP contribution is -2.25. The van der Waals surface area contributed by atoms with Gasteiger partial charge >= 0.3 is 11.9 Å². The number of benzene rings is 1. The summed E-state index contributed by atoms with van der Waals surface area (Å²) in [5, 5.41) is 2.65. The Morgan fingerprint density at radius 1 is 1.25 bits per heavy atom. The molecule has 1 N–H and O–H groups in total. The number of esters is 2. The zero-order valence-electron chi connectivity index (χ0n) is 13.8. The van der Waals surface area contributed by atoms with Gasteiger partial charge in [-0.25, -0.2) is 4.79 Å². The van der Waals surface area contributed by atoms with Crippen molar-refractivity contribution in [3.63, 3.8) is 0 Å². The molecular weight excluding hydrogens is 310 g/mol. The topological polar surface area (TPSA) is 81.7 Å². The highest BCUT2D eigenvalue weighted by atomic mass is 16.5. The lowest BCUT2D eigenvalue weighted by molar-refractivity contribution is -0.151. The van der Waals surface area contributed by atoms with Crippen molar-refractivity contribution >= 4 is 23.5 Å². The lowest BCUT2D eigenvalue weighted by Gasteiger charge is -2.16. The van der Waals surface area contributed by atoms with Crippen LogP contribution in [0.2, 0.25) is 0 Å². The van der Waals surface area contributed by atoms with Gasteiger partial charge in [-0.15, -0.1) is 0 Å². The van der Waals surface area contributed by atoms with Gasteiger partial charge in [-0.2, -0.15) is 0 Å². The van der Waals surface area contributed by atoms with Crippen LogP contribution in [0.25, 0.3) is 0 Å². The predicted molar refractivity (Wildman–Crippen MR) is 88.6 cm³/mol. The van der Waals surface area contributed by atoms with Crippen LogP contribution in [-0.4, -0.2) is 31.6 Å². The highest BCUT2D eigenvalue weighted by molar-refractivity contribution is 5.96. The Balaban J connectivity index is 1.91. The fraction of sp³-hybridized carbons (Fsp3) is 0.389. The Hall–Kier alpha value is -2.63. The molecule has 1 atom stereocenters. The van der Waals surface area contributed by atoms with Crippen LogP contribution in [0.1, 0.15) is 35.2 Å². The Labute approximate surface area is 140 Å². The maximum atomic E-state index is 12.0. The molecule has 6 nitrogen and oxygen atoms in total. The van der Waals surface area contributed by atoms with Crippen molar-refractivity contribution in [1.29, 1.82) is 0 Å². The zero-order valence-corrected chi connectivity index (χ0v) is 13.8. The Morgan fingerprint density at radius 2 is 2.04 bits per heavy atom. The first-order valence-electron chi connectivity index (χ1n) is 7.81. The maximum Gasteiger partial charge on any atom is 0.337 e. The smallest absolute Gasteiger partial charge is 0.337 e. The molecular formula is C18H21NO5. The van der Waals surface area contributed by atoms with E-state index >= 15 is 0 Å². The summed E-state index contributed by atoms with van der Waals surface area (Å²) in [6.45, 7) is 1.46. The molecule has 0 radical (unpaired) electrons. The summed E-state index contributed by atoms with van der Waals surface area (Å²) in [7, 11) is 1.29. The van der Waals surface area contributed by atoms with Crippen molar-refractivity contribution in [2.24, 2.45) is 5.92 Å². The molecule has 1 aliphatic rings. The Bertz CT molecular complexity index is 665. The largest absolute Gasteiger partial charge is 0.465 e. The number of carbonyl (C=O) groups is 3. The molecule has 0 unspecified atom stereocenters. The standard InChI is InChI=1S/C18H21NO5/c1-12-8-9-14(17(21)23-2)10-15(12)19-16(20)11-24-18(22)13-6-4-3-5-7-13/h3-4,8-10,13H,5-7,11H2,1-2H3,(H,19,20)/t13-/m1/s1. The van der Waals surface area contributed by atoms with E-state index in [0.29, 0.717) is 17.7 Å². The van der Waals surface area contributed by atoms with Gasteiger partial charge in [0.05, 0.1) is 18.6 Å². The van der Waals surface area contributed by atoms with E-state index in [1.807, 2.05) is 12.2 Å². The van der Waals surface area contributed by atoms with E-state index in [4.69, 9.17) is 4.74 Å². The molecule has 2 rings (SSSR count). The van der Waals surface area contributed by atoms with E-state index in [1.165, 1.54) is 13.2 Å². The summed E-state index contributed by atoms with van der Waals surface area (Å²) < 4.78 is 9.73. The van der Waals surface area contributed by atoms with Gasteiger partial charge in [0.25, 0.3) is 5.91 Å². The van der Waals surface area contributed by atoms with Crippen molar-refractivity contribution in [2.45, 2.75) is 26.2 Å². The van der Waals surface area contributed by atoms with Gasteiger partial charge in [0.1, 0.15) is 0 Å². The molecule has 1 aromatic rings. The maximum absolute atomic E-state index is 12.0.